The van der Waals surface area contributed by atoms with Crippen LogP contribution >= 0.6 is 0 Å². The zero-order valence-electron chi connectivity index (χ0n) is 14.4. The Morgan fingerprint density at radius 1 is 1.00 bits per heavy atom. The second-order valence-corrected chi connectivity index (χ2v) is 6.25. The number of unbranched alkanes of at least 4 members (excludes halogenated alkanes) is 4. The van der Waals surface area contributed by atoms with Crippen LogP contribution in [0.25, 0.3) is 0 Å². The minimum atomic E-state index is -4.05. The highest BCUT2D eigenvalue weighted by molar-refractivity contribution is 5.75. The van der Waals surface area contributed by atoms with Gasteiger partial charge in [-0.2, -0.15) is 13.2 Å². The fourth-order valence-electron chi connectivity index (χ4n) is 2.70. The summed E-state index contributed by atoms with van der Waals surface area (Å²) >= 11 is 0. The quantitative estimate of drug-likeness (QED) is 0.360. The number of hydrogen-bond acceptors (Lipinski definition) is 2. The van der Waals surface area contributed by atoms with Gasteiger partial charge in [-0.15, -0.1) is 0 Å². The van der Waals surface area contributed by atoms with E-state index in [9.17, 15) is 18.0 Å². The Balaban J connectivity index is 2.13. The predicted molar refractivity (Wildman–Crippen MR) is 92.5 cm³/mol. The van der Waals surface area contributed by atoms with E-state index in [1.165, 1.54) is 0 Å². The summed E-state index contributed by atoms with van der Waals surface area (Å²) in [6.45, 7) is 2.71. The Bertz CT molecular complexity index is 457. The van der Waals surface area contributed by atoms with Crippen LogP contribution in [0.3, 0.4) is 0 Å². The Morgan fingerprint density at radius 2 is 1.62 bits per heavy atom. The molecule has 0 spiro atoms. The SMILES string of the molecule is CCCCC(CCCCCCNc1ccc(C=O)cc1)C(F)(F)F. The van der Waals surface area contributed by atoms with Gasteiger partial charge in [0, 0.05) is 17.8 Å². The van der Waals surface area contributed by atoms with Crippen molar-refractivity contribution in [1.29, 1.82) is 0 Å². The van der Waals surface area contributed by atoms with Crippen molar-refractivity contribution in [2.75, 3.05) is 11.9 Å². The van der Waals surface area contributed by atoms with Crippen LogP contribution in [0, 0.1) is 5.92 Å². The number of hydrogen-bond donors (Lipinski definition) is 1. The molecule has 0 radical (unpaired) electrons. The van der Waals surface area contributed by atoms with Crippen LogP contribution in [-0.4, -0.2) is 19.0 Å². The molecule has 0 amide bonds. The van der Waals surface area contributed by atoms with Crippen LogP contribution in [0.4, 0.5) is 18.9 Å². The standard InChI is InChI=1S/C19H28F3NO/c1-2-3-8-17(19(20,21)22)9-6-4-5-7-14-23-18-12-10-16(15-24)11-13-18/h10-13,15,17,23H,2-9,14H2,1H3. The number of benzene rings is 1. The van der Waals surface area contributed by atoms with E-state index >= 15 is 0 Å². The van der Waals surface area contributed by atoms with Gasteiger partial charge in [0.25, 0.3) is 0 Å². The van der Waals surface area contributed by atoms with Crippen molar-refractivity contribution in [1.82, 2.24) is 0 Å². The van der Waals surface area contributed by atoms with Crippen LogP contribution in [0.2, 0.25) is 0 Å². The number of anilines is 1. The molecule has 1 atom stereocenters. The van der Waals surface area contributed by atoms with Gasteiger partial charge in [0.15, 0.2) is 0 Å². The van der Waals surface area contributed by atoms with Crippen molar-refractivity contribution in [3.63, 3.8) is 0 Å². The summed E-state index contributed by atoms with van der Waals surface area (Å²) in [4.78, 5) is 10.6. The maximum atomic E-state index is 12.9. The molecular weight excluding hydrogens is 315 g/mol. The first-order valence-corrected chi connectivity index (χ1v) is 8.83. The van der Waals surface area contributed by atoms with Crippen LogP contribution in [0.5, 0.6) is 0 Å². The normalized spacial score (nSPS) is 12.8. The Morgan fingerprint density at radius 3 is 2.21 bits per heavy atom. The highest BCUT2D eigenvalue weighted by Gasteiger charge is 2.37. The maximum Gasteiger partial charge on any atom is 0.391 e. The summed E-state index contributed by atoms with van der Waals surface area (Å²) in [5.41, 5.74) is 1.60. The fourth-order valence-corrected chi connectivity index (χ4v) is 2.70. The van der Waals surface area contributed by atoms with Gasteiger partial charge in [-0.25, -0.2) is 0 Å². The van der Waals surface area contributed by atoms with Crippen molar-refractivity contribution in [2.24, 2.45) is 5.92 Å². The smallest absolute Gasteiger partial charge is 0.385 e. The molecule has 0 heterocycles. The largest absolute Gasteiger partial charge is 0.391 e. The zero-order chi connectivity index (χ0) is 17.8. The topological polar surface area (TPSA) is 29.1 Å². The Hall–Kier alpha value is -1.52. The lowest BCUT2D eigenvalue weighted by atomic mass is 9.95. The van der Waals surface area contributed by atoms with E-state index in [-0.39, 0.29) is 12.8 Å². The molecule has 1 unspecified atom stereocenters. The molecular formula is C19H28F3NO. The van der Waals surface area contributed by atoms with Crippen LogP contribution < -0.4 is 5.32 Å². The molecule has 1 N–H and O–H groups in total. The Labute approximate surface area is 142 Å². The number of nitrogens with one attached hydrogen (secondary N) is 1. The molecule has 0 aliphatic carbocycles. The average molecular weight is 343 g/mol. The summed E-state index contributed by atoms with van der Waals surface area (Å²) in [7, 11) is 0. The molecule has 0 saturated heterocycles. The molecule has 1 aromatic carbocycles. The van der Waals surface area contributed by atoms with Crippen molar-refractivity contribution < 1.29 is 18.0 Å². The molecule has 5 heteroatoms. The minimum Gasteiger partial charge on any atom is -0.385 e. The zero-order valence-corrected chi connectivity index (χ0v) is 14.4. The van der Waals surface area contributed by atoms with E-state index in [0.717, 1.165) is 44.2 Å². The molecule has 24 heavy (non-hydrogen) atoms. The number of alkyl halides is 3. The summed E-state index contributed by atoms with van der Waals surface area (Å²) in [5, 5.41) is 3.25. The maximum absolute atomic E-state index is 12.9. The van der Waals surface area contributed by atoms with Crippen LogP contribution in [0.15, 0.2) is 24.3 Å². The lowest BCUT2D eigenvalue weighted by Crippen LogP contribution is -2.22. The van der Waals surface area contributed by atoms with Gasteiger partial charge in [0.05, 0.1) is 5.92 Å². The molecule has 0 aliphatic heterocycles. The second kappa shape index (κ2) is 11.1. The predicted octanol–water partition coefficient (Wildman–Crippen LogP) is 6.23. The van der Waals surface area contributed by atoms with E-state index < -0.39 is 12.1 Å². The monoisotopic (exact) mass is 343 g/mol. The van der Waals surface area contributed by atoms with Gasteiger partial charge in [-0.3, -0.25) is 4.79 Å². The fraction of sp³-hybridized carbons (Fsp3) is 0.632. The minimum absolute atomic E-state index is 0.254. The highest BCUT2D eigenvalue weighted by Crippen LogP contribution is 2.34. The summed E-state index contributed by atoms with van der Waals surface area (Å²) in [6, 6.07) is 7.21. The van der Waals surface area contributed by atoms with E-state index in [1.54, 1.807) is 12.1 Å². The molecule has 2 nitrogen and oxygen atoms in total. The summed E-state index contributed by atoms with van der Waals surface area (Å²) in [6.07, 6.45) is 2.07. The lowest BCUT2D eigenvalue weighted by molar-refractivity contribution is -0.178. The molecule has 136 valence electrons. The van der Waals surface area contributed by atoms with E-state index in [2.05, 4.69) is 5.32 Å². The number of aldehydes is 1. The van der Waals surface area contributed by atoms with Gasteiger partial charge in [-0.05, 0) is 43.5 Å². The van der Waals surface area contributed by atoms with Crippen LogP contribution in [-0.2, 0) is 0 Å². The number of halogens is 3. The van der Waals surface area contributed by atoms with Gasteiger partial charge in [0.2, 0.25) is 0 Å². The summed E-state index contributed by atoms with van der Waals surface area (Å²) in [5.74, 6) is -1.13. The molecule has 1 rings (SSSR count). The average Bonchev–Trinajstić information content (AvgIpc) is 2.56. The summed E-state index contributed by atoms with van der Waals surface area (Å²) < 4.78 is 38.6. The van der Waals surface area contributed by atoms with Crippen molar-refractivity contribution in [3.05, 3.63) is 29.8 Å². The first-order chi connectivity index (χ1) is 11.5. The molecule has 0 aliphatic rings. The molecule has 0 fully saturated rings. The second-order valence-electron chi connectivity index (χ2n) is 6.25. The number of carbonyl (C=O) groups excluding carboxylic acids is 1. The Kier molecular flexibility index (Phi) is 9.50. The number of rotatable bonds is 12. The van der Waals surface area contributed by atoms with Crippen LogP contribution in [0.1, 0.15) is 68.6 Å². The first-order valence-electron chi connectivity index (χ1n) is 8.83. The van der Waals surface area contributed by atoms with Crippen molar-refractivity contribution >= 4 is 12.0 Å². The third kappa shape index (κ3) is 8.37. The van der Waals surface area contributed by atoms with Crippen molar-refractivity contribution in [3.8, 4) is 0 Å². The van der Waals surface area contributed by atoms with Crippen molar-refractivity contribution in [2.45, 2.75) is 64.5 Å². The van der Waals surface area contributed by atoms with Gasteiger partial charge >= 0.3 is 6.18 Å². The van der Waals surface area contributed by atoms with E-state index in [1.807, 2.05) is 19.1 Å². The third-order valence-electron chi connectivity index (χ3n) is 4.22. The molecule has 0 aromatic heterocycles. The first kappa shape index (κ1) is 20.5. The third-order valence-corrected chi connectivity index (χ3v) is 4.22. The van der Waals surface area contributed by atoms with Gasteiger partial charge in [0.1, 0.15) is 6.29 Å². The van der Waals surface area contributed by atoms with E-state index in [4.69, 9.17) is 0 Å². The molecule has 0 bridgehead atoms. The number of carbonyl (C=O) groups is 1. The van der Waals surface area contributed by atoms with Gasteiger partial charge < -0.3 is 5.32 Å². The highest BCUT2D eigenvalue weighted by atomic mass is 19.4. The van der Waals surface area contributed by atoms with Gasteiger partial charge in [-0.1, -0.05) is 39.0 Å². The lowest BCUT2D eigenvalue weighted by Gasteiger charge is -2.19. The molecule has 0 saturated carbocycles. The van der Waals surface area contributed by atoms with E-state index in [0.29, 0.717) is 18.4 Å². The molecule has 1 aromatic rings.